The van der Waals surface area contributed by atoms with Crippen molar-refractivity contribution in [1.29, 1.82) is 0 Å². The number of halogens is 1. The van der Waals surface area contributed by atoms with Gasteiger partial charge >= 0.3 is 6.09 Å². The number of aromatic nitrogens is 1. The molecule has 0 aliphatic rings. The largest absolute Gasteiger partial charge is 0.444 e. The minimum absolute atomic E-state index is 0.447. The molecule has 2 aromatic rings. The van der Waals surface area contributed by atoms with Crippen LogP contribution in [0.5, 0.6) is 0 Å². The first kappa shape index (κ1) is 13.9. The maximum Gasteiger partial charge on any atom is 0.413 e. The lowest BCUT2D eigenvalue weighted by atomic mass is 10.2. The van der Waals surface area contributed by atoms with E-state index in [4.69, 9.17) is 4.74 Å². The van der Waals surface area contributed by atoms with Gasteiger partial charge in [-0.15, -0.1) is 0 Å². The van der Waals surface area contributed by atoms with Gasteiger partial charge in [0.1, 0.15) is 11.4 Å². The summed E-state index contributed by atoms with van der Waals surface area (Å²) in [6, 6.07) is 7.90. The third-order valence-corrected chi connectivity index (χ3v) is 3.13. The highest BCUT2D eigenvalue weighted by atomic mass is 79.9. The highest BCUT2D eigenvalue weighted by molar-refractivity contribution is 9.10. The van der Waals surface area contributed by atoms with E-state index in [0.29, 0.717) is 5.82 Å². The van der Waals surface area contributed by atoms with Crippen LogP contribution in [0.15, 0.2) is 28.7 Å². The van der Waals surface area contributed by atoms with Gasteiger partial charge in [0.15, 0.2) is 0 Å². The van der Waals surface area contributed by atoms with Crippen LogP contribution in [-0.4, -0.2) is 16.3 Å². The minimum Gasteiger partial charge on any atom is -0.444 e. The van der Waals surface area contributed by atoms with Gasteiger partial charge < -0.3 is 9.30 Å². The normalized spacial score (nSPS) is 11.6. The summed E-state index contributed by atoms with van der Waals surface area (Å²) < 4.78 is 8.17. The van der Waals surface area contributed by atoms with Crippen LogP contribution in [-0.2, 0) is 11.8 Å². The second-order valence-corrected chi connectivity index (χ2v) is 6.33. The fourth-order valence-corrected chi connectivity index (χ4v) is 2.18. The summed E-state index contributed by atoms with van der Waals surface area (Å²) in [6.07, 6.45) is -0.447. The van der Waals surface area contributed by atoms with Gasteiger partial charge in [0, 0.05) is 16.9 Å². The SMILES string of the molecule is Cn1c(NC(=O)OC(C)(C)C)cc2ccc(Br)cc21. The van der Waals surface area contributed by atoms with E-state index < -0.39 is 11.7 Å². The molecular weight excluding hydrogens is 308 g/mol. The zero-order valence-corrected chi connectivity index (χ0v) is 13.0. The van der Waals surface area contributed by atoms with E-state index in [1.54, 1.807) is 0 Å². The van der Waals surface area contributed by atoms with E-state index in [0.717, 1.165) is 15.4 Å². The fraction of sp³-hybridized carbons (Fsp3) is 0.357. The standard InChI is InChI=1S/C14H17BrN2O2/c1-14(2,3)19-13(18)16-12-7-9-5-6-10(15)8-11(9)17(12)4/h5-8H,1-4H3,(H,16,18). The van der Waals surface area contributed by atoms with Gasteiger partial charge in [0.05, 0.1) is 5.52 Å². The molecule has 0 unspecified atom stereocenters. The number of hydrogen-bond acceptors (Lipinski definition) is 2. The molecule has 0 fully saturated rings. The van der Waals surface area contributed by atoms with Crippen molar-refractivity contribution < 1.29 is 9.53 Å². The van der Waals surface area contributed by atoms with Crippen LogP contribution in [0.1, 0.15) is 20.8 Å². The van der Waals surface area contributed by atoms with E-state index in [2.05, 4.69) is 21.2 Å². The monoisotopic (exact) mass is 324 g/mol. The molecule has 0 saturated carbocycles. The van der Waals surface area contributed by atoms with Crippen molar-refractivity contribution in [2.24, 2.45) is 7.05 Å². The van der Waals surface area contributed by atoms with Gasteiger partial charge in [0.2, 0.25) is 0 Å². The summed E-state index contributed by atoms with van der Waals surface area (Å²) in [6.45, 7) is 5.52. The Morgan fingerprint density at radius 3 is 2.63 bits per heavy atom. The Hall–Kier alpha value is -1.49. The van der Waals surface area contributed by atoms with Crippen LogP contribution < -0.4 is 5.32 Å². The average molecular weight is 325 g/mol. The van der Waals surface area contributed by atoms with E-state index in [1.165, 1.54) is 0 Å². The Kier molecular flexibility index (Phi) is 3.58. The molecule has 1 aromatic carbocycles. The molecule has 102 valence electrons. The van der Waals surface area contributed by atoms with Crippen molar-refractivity contribution in [3.05, 3.63) is 28.7 Å². The molecule has 0 atom stereocenters. The summed E-state index contributed by atoms with van der Waals surface area (Å²) >= 11 is 3.44. The summed E-state index contributed by atoms with van der Waals surface area (Å²) in [5.74, 6) is 0.711. The number of nitrogens with one attached hydrogen (secondary N) is 1. The van der Waals surface area contributed by atoms with Crippen molar-refractivity contribution in [2.75, 3.05) is 5.32 Å². The second kappa shape index (κ2) is 4.89. The lowest BCUT2D eigenvalue weighted by Crippen LogP contribution is -2.27. The Morgan fingerprint density at radius 1 is 1.32 bits per heavy atom. The van der Waals surface area contributed by atoms with Gasteiger partial charge in [-0.2, -0.15) is 0 Å². The topological polar surface area (TPSA) is 43.3 Å². The van der Waals surface area contributed by atoms with Crippen LogP contribution in [0.25, 0.3) is 10.9 Å². The molecule has 0 aliphatic heterocycles. The van der Waals surface area contributed by atoms with Crippen LogP contribution in [0.2, 0.25) is 0 Å². The Bertz CT molecular complexity index is 626. The third kappa shape index (κ3) is 3.29. The zero-order valence-electron chi connectivity index (χ0n) is 11.5. The lowest BCUT2D eigenvalue weighted by molar-refractivity contribution is 0.0635. The predicted molar refractivity (Wildman–Crippen MR) is 80.5 cm³/mol. The number of anilines is 1. The molecule has 2 rings (SSSR count). The summed E-state index contributed by atoms with van der Waals surface area (Å²) in [7, 11) is 1.90. The molecule has 0 bridgehead atoms. The van der Waals surface area contributed by atoms with Gasteiger partial charge in [-0.05, 0) is 39.0 Å². The van der Waals surface area contributed by atoms with Crippen LogP contribution in [0.3, 0.4) is 0 Å². The Labute approximate surface area is 120 Å². The summed E-state index contributed by atoms with van der Waals surface area (Å²) in [5.41, 5.74) is 0.540. The van der Waals surface area contributed by atoms with Crippen molar-refractivity contribution in [3.63, 3.8) is 0 Å². The van der Waals surface area contributed by atoms with Crippen LogP contribution >= 0.6 is 15.9 Å². The van der Waals surface area contributed by atoms with Crippen molar-refractivity contribution in [3.8, 4) is 0 Å². The molecule has 4 nitrogen and oxygen atoms in total. The molecule has 0 aliphatic carbocycles. The maximum atomic E-state index is 11.8. The number of carbonyl (C=O) groups is 1. The number of nitrogens with zero attached hydrogens (tertiary/aromatic N) is 1. The number of ether oxygens (including phenoxy) is 1. The number of hydrogen-bond donors (Lipinski definition) is 1. The third-order valence-electron chi connectivity index (χ3n) is 2.64. The average Bonchev–Trinajstić information content (AvgIpc) is 2.54. The first-order chi connectivity index (χ1) is 8.76. The van der Waals surface area contributed by atoms with E-state index in [1.807, 2.05) is 56.7 Å². The van der Waals surface area contributed by atoms with Crippen LogP contribution in [0, 0.1) is 0 Å². The number of benzene rings is 1. The number of carbonyl (C=O) groups excluding carboxylic acids is 1. The molecule has 0 spiro atoms. The molecule has 1 aromatic heterocycles. The number of rotatable bonds is 1. The van der Waals surface area contributed by atoms with Gasteiger partial charge in [0.25, 0.3) is 0 Å². The molecule has 0 saturated heterocycles. The molecule has 1 N–H and O–H groups in total. The van der Waals surface area contributed by atoms with E-state index in [9.17, 15) is 4.79 Å². The summed E-state index contributed by atoms with van der Waals surface area (Å²) in [4.78, 5) is 11.8. The summed E-state index contributed by atoms with van der Waals surface area (Å²) in [5, 5.41) is 3.83. The molecule has 5 heteroatoms. The van der Waals surface area contributed by atoms with Crippen molar-refractivity contribution in [1.82, 2.24) is 4.57 Å². The zero-order chi connectivity index (χ0) is 14.2. The molecule has 1 amide bonds. The highest BCUT2D eigenvalue weighted by Crippen LogP contribution is 2.25. The second-order valence-electron chi connectivity index (χ2n) is 5.42. The number of amides is 1. The van der Waals surface area contributed by atoms with Crippen molar-refractivity contribution in [2.45, 2.75) is 26.4 Å². The van der Waals surface area contributed by atoms with E-state index in [-0.39, 0.29) is 0 Å². The molecule has 1 heterocycles. The lowest BCUT2D eigenvalue weighted by Gasteiger charge is -2.19. The molecule has 0 radical (unpaired) electrons. The maximum absolute atomic E-state index is 11.8. The first-order valence-corrected chi connectivity index (χ1v) is 6.80. The quantitative estimate of drug-likeness (QED) is 0.850. The highest BCUT2D eigenvalue weighted by Gasteiger charge is 2.17. The smallest absolute Gasteiger partial charge is 0.413 e. The molecule has 19 heavy (non-hydrogen) atoms. The fourth-order valence-electron chi connectivity index (χ4n) is 1.83. The minimum atomic E-state index is -0.502. The first-order valence-electron chi connectivity index (χ1n) is 6.01. The van der Waals surface area contributed by atoms with Gasteiger partial charge in [-0.1, -0.05) is 22.0 Å². The Balaban J connectivity index is 2.26. The Morgan fingerprint density at radius 2 is 2.00 bits per heavy atom. The van der Waals surface area contributed by atoms with Crippen LogP contribution in [0.4, 0.5) is 10.6 Å². The number of fused-ring (bicyclic) bond motifs is 1. The van der Waals surface area contributed by atoms with Crippen molar-refractivity contribution >= 4 is 38.7 Å². The predicted octanol–water partition coefficient (Wildman–Crippen LogP) is 4.29. The molecular formula is C14H17BrN2O2. The van der Waals surface area contributed by atoms with Gasteiger partial charge in [-0.3, -0.25) is 5.32 Å². The number of aryl methyl sites for hydroxylation is 1. The van der Waals surface area contributed by atoms with E-state index >= 15 is 0 Å². The van der Waals surface area contributed by atoms with Gasteiger partial charge in [-0.25, -0.2) is 4.79 Å².